The first-order valence-corrected chi connectivity index (χ1v) is 14.6. The summed E-state index contributed by atoms with van der Waals surface area (Å²) >= 11 is 0. The molecule has 2 aromatic rings. The third-order valence-corrected chi connectivity index (χ3v) is 10.3. The first kappa shape index (κ1) is 26.9. The van der Waals surface area contributed by atoms with Crippen LogP contribution in [0.25, 0.3) is 0 Å². The minimum Gasteiger partial charge on any atom is -0.491 e. The highest BCUT2D eigenvalue weighted by Crippen LogP contribution is 2.37. The number of benzene rings is 2. The third kappa shape index (κ3) is 9.22. The summed E-state index contributed by atoms with van der Waals surface area (Å²) in [6.07, 6.45) is -0.641. The van der Waals surface area contributed by atoms with Crippen LogP contribution in [0.2, 0.25) is 18.1 Å². The number of rotatable bonds is 9. The van der Waals surface area contributed by atoms with Crippen molar-refractivity contribution in [3.05, 3.63) is 66.2 Å². The number of amides is 1. The Balaban J connectivity index is 2.27. The molecule has 0 saturated carbocycles. The van der Waals surface area contributed by atoms with Crippen molar-refractivity contribution < 1.29 is 18.7 Å². The minimum absolute atomic E-state index is 0.0359. The van der Waals surface area contributed by atoms with Gasteiger partial charge in [-0.05, 0) is 56.6 Å². The molecule has 0 spiro atoms. The van der Waals surface area contributed by atoms with Crippen LogP contribution in [-0.2, 0) is 15.7 Å². The summed E-state index contributed by atoms with van der Waals surface area (Å²) in [6.45, 7) is 17.9. The second kappa shape index (κ2) is 11.2. The van der Waals surface area contributed by atoms with Gasteiger partial charge in [0.15, 0.2) is 8.32 Å². The summed E-state index contributed by atoms with van der Waals surface area (Å²) in [5.41, 5.74) is 0.459. The SMILES string of the molecule is CC(C)(C)OC(=O)N(Cc1ccccc1)C[C@H](COc1ccccc1)O[Si](C)(C)C(C)(C)C. The van der Waals surface area contributed by atoms with E-state index in [4.69, 9.17) is 13.9 Å². The minimum atomic E-state index is -2.11. The van der Waals surface area contributed by atoms with Crippen molar-refractivity contribution in [1.82, 2.24) is 4.90 Å². The predicted molar refractivity (Wildman–Crippen MR) is 137 cm³/mol. The van der Waals surface area contributed by atoms with E-state index in [1.54, 1.807) is 4.90 Å². The molecule has 0 saturated heterocycles. The Labute approximate surface area is 201 Å². The molecule has 33 heavy (non-hydrogen) atoms. The van der Waals surface area contributed by atoms with E-state index >= 15 is 0 Å². The van der Waals surface area contributed by atoms with Gasteiger partial charge >= 0.3 is 6.09 Å². The lowest BCUT2D eigenvalue weighted by molar-refractivity contribution is 0.00903. The zero-order valence-corrected chi connectivity index (χ0v) is 22.6. The summed E-state index contributed by atoms with van der Waals surface area (Å²) in [6, 6.07) is 19.7. The second-order valence-electron chi connectivity index (χ2n) is 11.0. The lowest BCUT2D eigenvalue weighted by Gasteiger charge is -2.40. The molecule has 0 unspecified atom stereocenters. The van der Waals surface area contributed by atoms with Gasteiger partial charge in [0.05, 0.1) is 12.6 Å². The van der Waals surface area contributed by atoms with E-state index in [9.17, 15) is 4.79 Å². The molecule has 2 rings (SSSR count). The average Bonchev–Trinajstić information content (AvgIpc) is 2.70. The monoisotopic (exact) mass is 471 g/mol. The van der Waals surface area contributed by atoms with Crippen LogP contribution in [0.15, 0.2) is 60.7 Å². The van der Waals surface area contributed by atoms with Crippen LogP contribution in [-0.4, -0.2) is 44.2 Å². The highest BCUT2D eigenvalue weighted by atomic mass is 28.4. The Bertz CT molecular complexity index is 857. The highest BCUT2D eigenvalue weighted by Gasteiger charge is 2.40. The number of hydrogen-bond donors (Lipinski definition) is 0. The Morgan fingerprint density at radius 1 is 0.909 bits per heavy atom. The number of carbonyl (C=O) groups is 1. The van der Waals surface area contributed by atoms with Crippen LogP contribution in [0.1, 0.15) is 47.1 Å². The molecule has 182 valence electrons. The van der Waals surface area contributed by atoms with E-state index in [-0.39, 0.29) is 17.2 Å². The maximum absolute atomic E-state index is 13.2. The van der Waals surface area contributed by atoms with Gasteiger partial charge in [-0.3, -0.25) is 0 Å². The van der Waals surface area contributed by atoms with Gasteiger partial charge in [0, 0.05) is 6.54 Å². The number of carbonyl (C=O) groups excluding carboxylic acids is 1. The number of para-hydroxylation sites is 1. The fourth-order valence-electron chi connectivity index (χ4n) is 3.00. The smallest absolute Gasteiger partial charge is 0.410 e. The van der Waals surface area contributed by atoms with E-state index in [2.05, 4.69) is 33.9 Å². The third-order valence-electron chi connectivity index (χ3n) is 5.74. The van der Waals surface area contributed by atoms with Crippen LogP contribution < -0.4 is 4.74 Å². The molecule has 0 N–H and O–H groups in total. The largest absolute Gasteiger partial charge is 0.491 e. The molecular weight excluding hydrogens is 430 g/mol. The van der Waals surface area contributed by atoms with Crippen molar-refractivity contribution in [1.29, 1.82) is 0 Å². The van der Waals surface area contributed by atoms with Crippen LogP contribution in [0.5, 0.6) is 5.75 Å². The van der Waals surface area contributed by atoms with Crippen molar-refractivity contribution in [3.8, 4) is 5.75 Å². The molecule has 0 heterocycles. The summed E-state index contributed by atoms with van der Waals surface area (Å²) in [4.78, 5) is 14.9. The topological polar surface area (TPSA) is 48.0 Å². The van der Waals surface area contributed by atoms with Gasteiger partial charge in [0.25, 0.3) is 0 Å². The first-order chi connectivity index (χ1) is 15.3. The molecule has 0 aromatic heterocycles. The average molecular weight is 472 g/mol. The standard InChI is InChI=1S/C27H41NO4Si/c1-26(2,3)31-25(29)28(19-22-15-11-9-12-16-22)20-24(32-33(7,8)27(4,5)6)21-30-23-17-13-10-14-18-23/h9-18,24H,19-21H2,1-8H3/t24-/m1/s1. The summed E-state index contributed by atoms with van der Waals surface area (Å²) in [5.74, 6) is 0.785. The number of nitrogens with zero attached hydrogens (tertiary/aromatic N) is 1. The Hall–Kier alpha value is -2.31. The number of hydrogen-bond acceptors (Lipinski definition) is 4. The first-order valence-electron chi connectivity index (χ1n) is 11.6. The molecular formula is C27H41NO4Si. The molecule has 0 aliphatic carbocycles. The van der Waals surface area contributed by atoms with Crippen molar-refractivity contribution in [2.24, 2.45) is 0 Å². The van der Waals surface area contributed by atoms with Gasteiger partial charge in [0.1, 0.15) is 18.0 Å². The van der Waals surface area contributed by atoms with Crippen LogP contribution >= 0.6 is 0 Å². The highest BCUT2D eigenvalue weighted by molar-refractivity contribution is 6.74. The van der Waals surface area contributed by atoms with E-state index in [0.717, 1.165) is 11.3 Å². The molecule has 0 aliphatic rings. The van der Waals surface area contributed by atoms with Gasteiger partial charge in [-0.15, -0.1) is 0 Å². The van der Waals surface area contributed by atoms with Crippen LogP contribution in [0.3, 0.4) is 0 Å². The van der Waals surface area contributed by atoms with Crippen molar-refractivity contribution >= 4 is 14.4 Å². The lowest BCUT2D eigenvalue weighted by atomic mass is 10.2. The fraction of sp³-hybridized carbons (Fsp3) is 0.519. The van der Waals surface area contributed by atoms with Crippen LogP contribution in [0, 0.1) is 0 Å². The lowest BCUT2D eigenvalue weighted by Crippen LogP contribution is -2.50. The summed E-state index contributed by atoms with van der Waals surface area (Å²) in [5, 5.41) is 0.0359. The number of ether oxygens (including phenoxy) is 2. The quantitative estimate of drug-likeness (QED) is 0.374. The Morgan fingerprint density at radius 3 is 1.97 bits per heavy atom. The predicted octanol–water partition coefficient (Wildman–Crippen LogP) is 6.89. The zero-order chi connectivity index (χ0) is 24.7. The summed E-state index contributed by atoms with van der Waals surface area (Å²) in [7, 11) is -2.11. The molecule has 1 atom stereocenters. The molecule has 0 radical (unpaired) electrons. The normalized spacial score (nSPS) is 13.3. The Morgan fingerprint density at radius 2 is 1.45 bits per heavy atom. The molecule has 6 heteroatoms. The van der Waals surface area contributed by atoms with E-state index < -0.39 is 13.9 Å². The molecule has 0 fully saturated rings. The van der Waals surface area contributed by atoms with Gasteiger partial charge in [-0.25, -0.2) is 4.79 Å². The van der Waals surface area contributed by atoms with Gasteiger partial charge in [-0.2, -0.15) is 0 Å². The molecule has 5 nitrogen and oxygen atoms in total. The maximum Gasteiger partial charge on any atom is 0.410 e. The zero-order valence-electron chi connectivity index (χ0n) is 21.6. The maximum atomic E-state index is 13.2. The van der Waals surface area contributed by atoms with E-state index in [1.807, 2.05) is 81.4 Å². The molecule has 0 aliphatic heterocycles. The summed E-state index contributed by atoms with van der Waals surface area (Å²) < 4.78 is 18.5. The molecule has 1 amide bonds. The van der Waals surface area contributed by atoms with Crippen molar-refractivity contribution in [2.45, 2.75) is 77.9 Å². The van der Waals surface area contributed by atoms with Gasteiger partial charge in [0.2, 0.25) is 0 Å². The van der Waals surface area contributed by atoms with Crippen molar-refractivity contribution in [2.75, 3.05) is 13.2 Å². The van der Waals surface area contributed by atoms with Crippen LogP contribution in [0.4, 0.5) is 4.79 Å². The fourth-order valence-corrected chi connectivity index (χ4v) is 4.33. The van der Waals surface area contributed by atoms with E-state index in [1.165, 1.54) is 0 Å². The molecule has 0 bridgehead atoms. The Kier molecular flexibility index (Phi) is 9.15. The van der Waals surface area contributed by atoms with Crippen molar-refractivity contribution in [3.63, 3.8) is 0 Å². The van der Waals surface area contributed by atoms with Gasteiger partial charge in [-0.1, -0.05) is 69.3 Å². The molecule has 2 aromatic carbocycles. The van der Waals surface area contributed by atoms with Gasteiger partial charge < -0.3 is 18.8 Å². The van der Waals surface area contributed by atoms with E-state index in [0.29, 0.717) is 19.7 Å². The second-order valence-corrected chi connectivity index (χ2v) is 15.7.